The molecule has 0 aliphatic carbocycles. The minimum atomic E-state index is -1.18. The minimum Gasteiger partial charge on any atom is -0.479 e. The molecular formula is C28H28F2N4O2. The third-order valence-electron chi connectivity index (χ3n) is 5.78. The molecule has 0 aliphatic heterocycles. The zero-order valence-corrected chi connectivity index (χ0v) is 20.9. The molecule has 8 heteroatoms. The largest absolute Gasteiger partial charge is 0.479 e. The van der Waals surface area contributed by atoms with Crippen molar-refractivity contribution in [2.75, 3.05) is 14.2 Å². The second kappa shape index (κ2) is 10.1. The molecular weight excluding hydrogens is 462 g/mol. The van der Waals surface area contributed by atoms with E-state index in [9.17, 15) is 13.9 Å². The van der Waals surface area contributed by atoms with Gasteiger partial charge in [0.2, 0.25) is 5.88 Å². The molecule has 1 unspecified atom stereocenters. The van der Waals surface area contributed by atoms with Gasteiger partial charge in [-0.25, -0.2) is 13.8 Å². The topological polar surface area (TPSA) is 72.2 Å². The van der Waals surface area contributed by atoms with Crippen molar-refractivity contribution in [3.05, 3.63) is 77.1 Å². The van der Waals surface area contributed by atoms with Crippen LogP contribution < -0.4 is 10.1 Å². The SMILES string of the molecule is CNC(Cc1cc(F)cc(F)c1)c1nc(C#CC(C)(C)O)ccc1-c1cccc2c(OC)nn(C)c12. The Balaban J connectivity index is 1.91. The number of ether oxygens (including phenoxy) is 1. The van der Waals surface area contributed by atoms with E-state index in [1.807, 2.05) is 31.3 Å². The minimum absolute atomic E-state index is 0.290. The third kappa shape index (κ3) is 5.38. The number of aromatic nitrogens is 3. The first kappa shape index (κ1) is 25.3. The zero-order chi connectivity index (χ0) is 26.0. The summed E-state index contributed by atoms with van der Waals surface area (Å²) in [4.78, 5) is 4.83. The smallest absolute Gasteiger partial charge is 0.240 e. The van der Waals surface area contributed by atoms with Crippen molar-refractivity contribution in [1.82, 2.24) is 20.1 Å². The highest BCUT2D eigenvalue weighted by atomic mass is 19.1. The van der Waals surface area contributed by atoms with E-state index < -0.39 is 23.3 Å². The number of benzene rings is 2. The fraction of sp³-hybridized carbons (Fsp3) is 0.286. The number of halogens is 2. The van der Waals surface area contributed by atoms with Crippen molar-refractivity contribution in [2.24, 2.45) is 7.05 Å². The van der Waals surface area contributed by atoms with Crippen molar-refractivity contribution in [1.29, 1.82) is 0 Å². The van der Waals surface area contributed by atoms with E-state index in [0.717, 1.165) is 28.1 Å². The van der Waals surface area contributed by atoms with Gasteiger partial charge >= 0.3 is 0 Å². The number of hydrogen-bond donors (Lipinski definition) is 2. The van der Waals surface area contributed by atoms with E-state index in [1.54, 1.807) is 38.8 Å². The van der Waals surface area contributed by atoms with Crippen LogP contribution >= 0.6 is 0 Å². The lowest BCUT2D eigenvalue weighted by Crippen LogP contribution is -2.21. The highest BCUT2D eigenvalue weighted by Crippen LogP contribution is 2.36. The molecule has 2 aromatic heterocycles. The summed E-state index contributed by atoms with van der Waals surface area (Å²) >= 11 is 0. The van der Waals surface area contributed by atoms with Crippen LogP contribution in [0.2, 0.25) is 0 Å². The molecule has 36 heavy (non-hydrogen) atoms. The number of fused-ring (bicyclic) bond motifs is 1. The van der Waals surface area contributed by atoms with Gasteiger partial charge in [0.15, 0.2) is 0 Å². The summed E-state index contributed by atoms with van der Waals surface area (Å²) in [5.74, 6) is 4.96. The van der Waals surface area contributed by atoms with Gasteiger partial charge in [-0.3, -0.25) is 4.68 Å². The summed E-state index contributed by atoms with van der Waals surface area (Å²) in [5.41, 5.74) is 2.98. The van der Waals surface area contributed by atoms with Gasteiger partial charge in [-0.1, -0.05) is 18.1 Å². The van der Waals surface area contributed by atoms with Gasteiger partial charge in [-0.15, -0.1) is 5.10 Å². The standard InChI is InChI=1S/C28H28F2N4O2/c1-28(2,35)12-11-20-9-10-21(22-7-6-8-23-26(22)34(4)33-27(23)36-5)25(32-20)24(31-3)15-17-13-18(29)16-19(30)14-17/h6-10,13-14,16,24,31,35H,15H2,1-5H3. The fourth-order valence-corrected chi connectivity index (χ4v) is 4.23. The van der Waals surface area contributed by atoms with E-state index in [2.05, 4.69) is 22.3 Å². The van der Waals surface area contributed by atoms with Gasteiger partial charge in [-0.2, -0.15) is 0 Å². The second-order valence-electron chi connectivity index (χ2n) is 9.10. The van der Waals surface area contributed by atoms with Crippen molar-refractivity contribution < 1.29 is 18.6 Å². The summed E-state index contributed by atoms with van der Waals surface area (Å²) in [5, 5.41) is 18.6. The number of hydrogen-bond acceptors (Lipinski definition) is 5. The number of nitrogens with zero attached hydrogens (tertiary/aromatic N) is 3. The Bertz CT molecular complexity index is 1460. The molecule has 0 radical (unpaired) electrons. The lowest BCUT2D eigenvalue weighted by atomic mass is 9.94. The molecule has 0 bridgehead atoms. The molecule has 2 heterocycles. The van der Waals surface area contributed by atoms with Crippen LogP contribution in [0.15, 0.2) is 48.5 Å². The second-order valence-corrected chi connectivity index (χ2v) is 9.10. The number of nitrogens with one attached hydrogen (secondary N) is 1. The molecule has 2 N–H and O–H groups in total. The van der Waals surface area contributed by atoms with Crippen LogP contribution in [0.1, 0.15) is 36.8 Å². The first-order chi connectivity index (χ1) is 17.1. The lowest BCUT2D eigenvalue weighted by molar-refractivity contribution is 0.143. The summed E-state index contributed by atoms with van der Waals surface area (Å²) in [6, 6.07) is 12.6. The Morgan fingerprint density at radius 2 is 1.83 bits per heavy atom. The molecule has 0 spiro atoms. The number of likely N-dealkylation sites (N-methyl/N-ethyl adjacent to an activating group) is 1. The average Bonchev–Trinajstić information content (AvgIpc) is 3.16. The van der Waals surface area contributed by atoms with Gasteiger partial charge in [0.1, 0.15) is 22.9 Å². The third-order valence-corrected chi connectivity index (χ3v) is 5.78. The normalized spacial score (nSPS) is 12.3. The predicted octanol–water partition coefficient (Wildman–Crippen LogP) is 4.55. The zero-order valence-electron chi connectivity index (χ0n) is 20.9. The van der Waals surface area contributed by atoms with Gasteiger partial charge in [0.25, 0.3) is 0 Å². The summed E-state index contributed by atoms with van der Waals surface area (Å²) in [6.45, 7) is 3.20. The Hall–Kier alpha value is -3.80. The van der Waals surface area contributed by atoms with Crippen LogP contribution in [0.3, 0.4) is 0 Å². The first-order valence-electron chi connectivity index (χ1n) is 11.5. The molecule has 4 aromatic rings. The maximum absolute atomic E-state index is 13.9. The molecule has 1 atom stereocenters. The molecule has 4 rings (SSSR count). The van der Waals surface area contributed by atoms with E-state index in [4.69, 9.17) is 9.72 Å². The van der Waals surface area contributed by atoms with E-state index in [0.29, 0.717) is 22.8 Å². The molecule has 6 nitrogen and oxygen atoms in total. The number of aryl methyl sites for hydroxylation is 1. The molecule has 0 aliphatic rings. The number of rotatable bonds is 6. The predicted molar refractivity (Wildman–Crippen MR) is 136 cm³/mol. The van der Waals surface area contributed by atoms with E-state index in [-0.39, 0.29) is 6.42 Å². The highest BCUT2D eigenvalue weighted by Gasteiger charge is 2.22. The van der Waals surface area contributed by atoms with Crippen LogP contribution in [0.5, 0.6) is 5.88 Å². The number of methoxy groups -OCH3 is 1. The number of para-hydroxylation sites is 1. The van der Waals surface area contributed by atoms with Crippen LogP contribution in [0.4, 0.5) is 8.78 Å². The molecule has 0 saturated carbocycles. The maximum Gasteiger partial charge on any atom is 0.240 e. The van der Waals surface area contributed by atoms with Crippen LogP contribution in [0, 0.1) is 23.5 Å². The number of aliphatic hydroxyl groups is 1. The van der Waals surface area contributed by atoms with Crippen LogP contribution in [0.25, 0.3) is 22.0 Å². The molecule has 186 valence electrons. The maximum atomic E-state index is 13.9. The molecule has 2 aromatic carbocycles. The lowest BCUT2D eigenvalue weighted by Gasteiger charge is -2.20. The van der Waals surface area contributed by atoms with E-state index >= 15 is 0 Å². The van der Waals surface area contributed by atoms with Crippen LogP contribution in [-0.4, -0.2) is 39.6 Å². The van der Waals surface area contributed by atoms with Gasteiger partial charge in [0.05, 0.1) is 29.7 Å². The van der Waals surface area contributed by atoms with Crippen molar-refractivity contribution in [3.63, 3.8) is 0 Å². The van der Waals surface area contributed by atoms with Crippen LogP contribution in [-0.2, 0) is 13.5 Å². The number of pyridine rings is 1. The Labute approximate surface area is 208 Å². The van der Waals surface area contributed by atoms with Crippen molar-refractivity contribution in [2.45, 2.75) is 31.9 Å². The van der Waals surface area contributed by atoms with Gasteiger partial charge in [0, 0.05) is 24.2 Å². The Morgan fingerprint density at radius 3 is 2.47 bits per heavy atom. The molecule has 0 saturated heterocycles. The fourth-order valence-electron chi connectivity index (χ4n) is 4.23. The summed E-state index contributed by atoms with van der Waals surface area (Å²) in [6.07, 6.45) is 0.290. The quantitative estimate of drug-likeness (QED) is 0.388. The average molecular weight is 491 g/mol. The van der Waals surface area contributed by atoms with Crippen molar-refractivity contribution >= 4 is 10.9 Å². The molecule has 0 fully saturated rings. The highest BCUT2D eigenvalue weighted by molar-refractivity contribution is 5.97. The monoisotopic (exact) mass is 490 g/mol. The Kier molecular flexibility index (Phi) is 7.07. The Morgan fingerprint density at radius 1 is 1.11 bits per heavy atom. The van der Waals surface area contributed by atoms with Gasteiger partial charge < -0.3 is 15.2 Å². The van der Waals surface area contributed by atoms with E-state index in [1.165, 1.54) is 12.1 Å². The van der Waals surface area contributed by atoms with Gasteiger partial charge in [-0.05, 0) is 69.1 Å². The first-order valence-corrected chi connectivity index (χ1v) is 11.5. The van der Waals surface area contributed by atoms with Crippen molar-refractivity contribution in [3.8, 4) is 28.8 Å². The molecule has 0 amide bonds. The summed E-state index contributed by atoms with van der Waals surface area (Å²) < 4.78 is 35.0. The summed E-state index contributed by atoms with van der Waals surface area (Å²) in [7, 11) is 5.19.